The van der Waals surface area contributed by atoms with Crippen LogP contribution in [0.1, 0.15) is 33.6 Å². The summed E-state index contributed by atoms with van der Waals surface area (Å²) in [5, 5.41) is 12.6. The lowest BCUT2D eigenvalue weighted by Crippen LogP contribution is -2.26. The average molecular weight is 404 g/mol. The smallest absolute Gasteiger partial charge is 0.341 e. The zero-order chi connectivity index (χ0) is 20.3. The van der Waals surface area contributed by atoms with Crippen molar-refractivity contribution in [3.8, 4) is 5.75 Å². The van der Waals surface area contributed by atoms with Gasteiger partial charge in [-0.25, -0.2) is 17.9 Å². The highest BCUT2D eigenvalue weighted by molar-refractivity contribution is 7.89. The van der Waals surface area contributed by atoms with E-state index in [-0.39, 0.29) is 21.7 Å². The Hall–Kier alpha value is -2.91. The normalized spacial score (nSPS) is 13.8. The number of esters is 1. The first-order valence-electron chi connectivity index (χ1n) is 8.63. The number of hydrogen-bond donors (Lipinski definition) is 3. The van der Waals surface area contributed by atoms with Crippen molar-refractivity contribution in [2.75, 3.05) is 19.0 Å². The molecule has 148 valence electrons. The number of nitrogens with one attached hydrogen (secondary N) is 2. The van der Waals surface area contributed by atoms with Crippen LogP contribution in [0.5, 0.6) is 5.75 Å². The molecule has 1 fully saturated rings. The first kappa shape index (κ1) is 19.8. The van der Waals surface area contributed by atoms with Gasteiger partial charge in [0.1, 0.15) is 5.56 Å². The van der Waals surface area contributed by atoms with Crippen molar-refractivity contribution in [2.24, 2.45) is 5.92 Å². The molecule has 1 amide bonds. The lowest BCUT2D eigenvalue weighted by Gasteiger charge is -2.11. The fourth-order valence-corrected chi connectivity index (χ4v) is 3.71. The van der Waals surface area contributed by atoms with E-state index < -0.39 is 27.6 Å². The maximum absolute atomic E-state index is 12.5. The van der Waals surface area contributed by atoms with Gasteiger partial charge in [0, 0.05) is 12.1 Å². The standard InChI is InChI=1S/C19H20N2O6S/c1-27-19(24)15-6-3-7-16(17(15)22)21-18(23)13-4-2-5-14(10-13)28(25,26)20-11-12-8-9-12/h2-7,10,12,20,22H,8-9,11H2,1H3,(H,21,23). The number of carbonyl (C=O) groups is 2. The van der Waals surface area contributed by atoms with Gasteiger partial charge in [-0.05, 0) is 49.1 Å². The Morgan fingerprint density at radius 1 is 1.18 bits per heavy atom. The van der Waals surface area contributed by atoms with E-state index in [4.69, 9.17) is 0 Å². The predicted molar refractivity (Wildman–Crippen MR) is 102 cm³/mol. The molecule has 28 heavy (non-hydrogen) atoms. The number of amides is 1. The molecule has 0 aliphatic heterocycles. The molecule has 0 heterocycles. The summed E-state index contributed by atoms with van der Waals surface area (Å²) in [6.45, 7) is 0.382. The molecule has 3 rings (SSSR count). The summed E-state index contributed by atoms with van der Waals surface area (Å²) in [4.78, 5) is 24.1. The number of aromatic hydroxyl groups is 1. The second-order valence-corrected chi connectivity index (χ2v) is 8.24. The van der Waals surface area contributed by atoms with Gasteiger partial charge in [-0.1, -0.05) is 12.1 Å². The van der Waals surface area contributed by atoms with Crippen LogP contribution in [0.2, 0.25) is 0 Å². The van der Waals surface area contributed by atoms with E-state index >= 15 is 0 Å². The monoisotopic (exact) mass is 404 g/mol. The summed E-state index contributed by atoms with van der Waals surface area (Å²) in [7, 11) is -2.54. The molecule has 0 atom stereocenters. The van der Waals surface area contributed by atoms with Crippen LogP contribution in [-0.2, 0) is 14.8 Å². The second-order valence-electron chi connectivity index (χ2n) is 6.47. The van der Waals surface area contributed by atoms with Crippen molar-refractivity contribution in [2.45, 2.75) is 17.7 Å². The molecule has 9 heteroatoms. The van der Waals surface area contributed by atoms with Gasteiger partial charge in [-0.2, -0.15) is 0 Å². The Labute approximate surface area is 162 Å². The van der Waals surface area contributed by atoms with E-state index in [1.165, 1.54) is 49.6 Å². The van der Waals surface area contributed by atoms with Gasteiger partial charge in [0.05, 0.1) is 17.7 Å². The molecule has 0 aromatic heterocycles. The maximum atomic E-state index is 12.5. The molecule has 3 N–H and O–H groups in total. The van der Waals surface area contributed by atoms with Gasteiger partial charge < -0.3 is 15.2 Å². The number of ether oxygens (including phenoxy) is 1. The van der Waals surface area contributed by atoms with Crippen molar-refractivity contribution in [3.05, 3.63) is 53.6 Å². The van der Waals surface area contributed by atoms with Gasteiger partial charge in [-0.15, -0.1) is 0 Å². The third-order valence-corrected chi connectivity index (χ3v) is 5.78. The van der Waals surface area contributed by atoms with E-state index in [1.54, 1.807) is 0 Å². The van der Waals surface area contributed by atoms with Gasteiger partial charge in [-0.3, -0.25) is 4.79 Å². The Bertz CT molecular complexity index is 1010. The topological polar surface area (TPSA) is 122 Å². The summed E-state index contributed by atoms with van der Waals surface area (Å²) in [6, 6.07) is 9.83. The predicted octanol–water partition coefficient (Wildman–Crippen LogP) is 2.12. The Kier molecular flexibility index (Phi) is 5.66. The number of benzene rings is 2. The average Bonchev–Trinajstić information content (AvgIpc) is 3.52. The first-order chi connectivity index (χ1) is 13.3. The van der Waals surface area contributed by atoms with Crippen LogP contribution < -0.4 is 10.0 Å². The number of carbonyl (C=O) groups excluding carboxylic acids is 2. The van der Waals surface area contributed by atoms with Crippen molar-refractivity contribution in [1.82, 2.24) is 4.72 Å². The Morgan fingerprint density at radius 2 is 1.89 bits per heavy atom. The molecule has 0 spiro atoms. The van der Waals surface area contributed by atoms with Crippen molar-refractivity contribution in [3.63, 3.8) is 0 Å². The van der Waals surface area contributed by atoms with Gasteiger partial charge in [0.2, 0.25) is 10.0 Å². The molecule has 8 nitrogen and oxygen atoms in total. The van der Waals surface area contributed by atoms with Crippen molar-refractivity contribution in [1.29, 1.82) is 0 Å². The van der Waals surface area contributed by atoms with E-state index in [1.807, 2.05) is 0 Å². The van der Waals surface area contributed by atoms with E-state index in [0.717, 1.165) is 12.8 Å². The highest BCUT2D eigenvalue weighted by Crippen LogP contribution is 2.29. The van der Waals surface area contributed by atoms with Crippen molar-refractivity contribution < 1.29 is 27.9 Å². The summed E-state index contributed by atoms with van der Waals surface area (Å²) >= 11 is 0. The van der Waals surface area contributed by atoms with Crippen LogP contribution in [-0.4, -0.2) is 39.1 Å². The van der Waals surface area contributed by atoms with Crippen LogP contribution in [0.3, 0.4) is 0 Å². The molecular formula is C19H20N2O6S. The highest BCUT2D eigenvalue weighted by atomic mass is 32.2. The summed E-state index contributed by atoms with van der Waals surface area (Å²) in [6.07, 6.45) is 2.03. The molecule has 1 saturated carbocycles. The largest absolute Gasteiger partial charge is 0.505 e. The maximum Gasteiger partial charge on any atom is 0.341 e. The number of methoxy groups -OCH3 is 1. The van der Waals surface area contributed by atoms with E-state index in [0.29, 0.717) is 12.5 Å². The molecule has 0 saturated heterocycles. The summed E-state index contributed by atoms with van der Waals surface area (Å²) < 4.78 is 31.9. The summed E-state index contributed by atoms with van der Waals surface area (Å²) in [5.41, 5.74) is 0.00564. The number of phenolic OH excluding ortho intramolecular Hbond substituents is 1. The number of hydrogen-bond acceptors (Lipinski definition) is 6. The minimum atomic E-state index is -3.71. The van der Waals surface area contributed by atoms with Crippen LogP contribution in [0.4, 0.5) is 5.69 Å². The number of phenols is 1. The SMILES string of the molecule is COC(=O)c1cccc(NC(=O)c2cccc(S(=O)(=O)NCC3CC3)c2)c1O. The molecule has 0 unspecified atom stereocenters. The molecule has 0 radical (unpaired) electrons. The Balaban J connectivity index is 1.79. The summed E-state index contributed by atoms with van der Waals surface area (Å²) in [5.74, 6) is -1.43. The van der Waals surface area contributed by atoms with Crippen LogP contribution in [0.25, 0.3) is 0 Å². The minimum absolute atomic E-state index is 0.00742. The quantitative estimate of drug-likeness (QED) is 0.480. The van der Waals surface area contributed by atoms with Gasteiger partial charge in [0.25, 0.3) is 5.91 Å². The van der Waals surface area contributed by atoms with E-state index in [9.17, 15) is 23.1 Å². The molecular weight excluding hydrogens is 384 g/mol. The second kappa shape index (κ2) is 7.99. The lowest BCUT2D eigenvalue weighted by molar-refractivity contribution is 0.0597. The molecule has 2 aromatic carbocycles. The molecule has 0 bridgehead atoms. The van der Waals surface area contributed by atoms with Gasteiger partial charge in [0.15, 0.2) is 5.75 Å². The van der Waals surface area contributed by atoms with Crippen LogP contribution in [0, 0.1) is 5.92 Å². The number of sulfonamides is 1. The Morgan fingerprint density at radius 3 is 2.57 bits per heavy atom. The molecule has 1 aliphatic carbocycles. The highest BCUT2D eigenvalue weighted by Gasteiger charge is 2.25. The fraction of sp³-hybridized carbons (Fsp3) is 0.263. The van der Waals surface area contributed by atoms with E-state index in [2.05, 4.69) is 14.8 Å². The molecule has 2 aromatic rings. The number of rotatable bonds is 7. The third kappa shape index (κ3) is 4.49. The molecule has 1 aliphatic rings. The fourth-order valence-electron chi connectivity index (χ4n) is 2.55. The van der Waals surface area contributed by atoms with Crippen LogP contribution in [0.15, 0.2) is 47.4 Å². The van der Waals surface area contributed by atoms with Gasteiger partial charge >= 0.3 is 5.97 Å². The zero-order valence-electron chi connectivity index (χ0n) is 15.1. The minimum Gasteiger partial charge on any atom is -0.505 e. The number of anilines is 1. The zero-order valence-corrected chi connectivity index (χ0v) is 16.0. The lowest BCUT2D eigenvalue weighted by atomic mass is 10.1. The third-order valence-electron chi connectivity index (χ3n) is 4.36. The number of para-hydroxylation sites is 1. The van der Waals surface area contributed by atoms with Crippen LogP contribution >= 0.6 is 0 Å². The van der Waals surface area contributed by atoms with Crippen molar-refractivity contribution >= 4 is 27.6 Å². The first-order valence-corrected chi connectivity index (χ1v) is 10.1.